The maximum absolute atomic E-state index is 13.1. The summed E-state index contributed by atoms with van der Waals surface area (Å²) in [5, 5.41) is 0. The first-order chi connectivity index (χ1) is 8.10. The molecule has 1 saturated carbocycles. The molecule has 1 aliphatic carbocycles. The first-order valence-corrected chi connectivity index (χ1v) is 7.40. The van der Waals surface area contributed by atoms with Crippen molar-refractivity contribution < 1.29 is 4.39 Å². The predicted molar refractivity (Wildman–Crippen MR) is 74.0 cm³/mol. The van der Waals surface area contributed by atoms with Crippen molar-refractivity contribution in [3.05, 3.63) is 35.6 Å². The number of halogens is 2. The average molecular weight is 299 g/mol. The molecule has 1 aromatic carbocycles. The molecule has 0 amide bonds. The van der Waals surface area contributed by atoms with Crippen LogP contribution in [-0.2, 0) is 6.42 Å². The van der Waals surface area contributed by atoms with Crippen LogP contribution in [-0.4, -0.2) is 4.83 Å². The van der Waals surface area contributed by atoms with Crippen LogP contribution in [0.1, 0.15) is 44.6 Å². The van der Waals surface area contributed by atoms with Gasteiger partial charge in [-0.15, -0.1) is 0 Å². The van der Waals surface area contributed by atoms with Crippen LogP contribution >= 0.6 is 15.9 Å². The lowest BCUT2D eigenvalue weighted by Crippen LogP contribution is -2.31. The highest BCUT2D eigenvalue weighted by molar-refractivity contribution is 9.09. The van der Waals surface area contributed by atoms with Crippen LogP contribution in [0, 0.1) is 11.2 Å². The summed E-state index contributed by atoms with van der Waals surface area (Å²) in [5.41, 5.74) is 1.48. The van der Waals surface area contributed by atoms with E-state index in [-0.39, 0.29) is 5.82 Å². The zero-order valence-corrected chi connectivity index (χ0v) is 12.0. The van der Waals surface area contributed by atoms with Gasteiger partial charge in [-0.2, -0.15) is 0 Å². The van der Waals surface area contributed by atoms with Crippen LogP contribution in [0.15, 0.2) is 24.3 Å². The van der Waals surface area contributed by atoms with Crippen molar-refractivity contribution in [2.75, 3.05) is 0 Å². The molecule has 0 aliphatic heterocycles. The number of alkyl halides is 1. The van der Waals surface area contributed by atoms with Gasteiger partial charge >= 0.3 is 0 Å². The Hall–Kier alpha value is -0.370. The molecule has 1 atom stereocenters. The highest BCUT2D eigenvalue weighted by atomic mass is 79.9. The molecule has 1 fully saturated rings. The van der Waals surface area contributed by atoms with E-state index in [1.807, 2.05) is 6.07 Å². The molecule has 0 heterocycles. The first-order valence-electron chi connectivity index (χ1n) is 6.49. The summed E-state index contributed by atoms with van der Waals surface area (Å²) in [6.45, 7) is 2.37. The topological polar surface area (TPSA) is 0 Å². The Labute approximate surface area is 112 Å². The van der Waals surface area contributed by atoms with Gasteiger partial charge in [0.25, 0.3) is 0 Å². The molecule has 0 N–H and O–H groups in total. The molecule has 94 valence electrons. The predicted octanol–water partition coefficient (Wildman–Crippen LogP) is 5.10. The van der Waals surface area contributed by atoms with E-state index in [2.05, 4.69) is 22.9 Å². The summed E-state index contributed by atoms with van der Waals surface area (Å²) in [6, 6.07) is 6.98. The van der Waals surface area contributed by atoms with E-state index in [0.29, 0.717) is 10.2 Å². The third-order valence-electron chi connectivity index (χ3n) is 4.06. The Morgan fingerprint density at radius 2 is 2.00 bits per heavy atom. The van der Waals surface area contributed by atoms with Crippen molar-refractivity contribution >= 4 is 15.9 Å². The highest BCUT2D eigenvalue weighted by Crippen LogP contribution is 2.43. The second-order valence-electron chi connectivity index (χ2n) is 5.52. The van der Waals surface area contributed by atoms with E-state index in [9.17, 15) is 4.39 Å². The Morgan fingerprint density at radius 1 is 1.29 bits per heavy atom. The van der Waals surface area contributed by atoms with Crippen molar-refractivity contribution in [3.8, 4) is 0 Å². The van der Waals surface area contributed by atoms with Crippen LogP contribution in [0.4, 0.5) is 4.39 Å². The smallest absolute Gasteiger partial charge is 0.123 e. The maximum atomic E-state index is 13.1. The first kappa shape index (κ1) is 13.1. The second kappa shape index (κ2) is 5.51. The number of benzene rings is 1. The molecule has 1 unspecified atom stereocenters. The van der Waals surface area contributed by atoms with E-state index in [1.54, 1.807) is 12.1 Å². The van der Waals surface area contributed by atoms with Gasteiger partial charge in [-0.05, 0) is 42.4 Å². The van der Waals surface area contributed by atoms with Gasteiger partial charge in [-0.25, -0.2) is 4.39 Å². The summed E-state index contributed by atoms with van der Waals surface area (Å²) < 4.78 is 13.1. The van der Waals surface area contributed by atoms with E-state index in [4.69, 9.17) is 0 Å². The fourth-order valence-electron chi connectivity index (χ4n) is 2.79. The highest BCUT2D eigenvalue weighted by Gasteiger charge is 2.33. The summed E-state index contributed by atoms with van der Waals surface area (Å²) in [7, 11) is 0. The molecule has 0 spiro atoms. The summed E-state index contributed by atoms with van der Waals surface area (Å²) in [5.74, 6) is -0.129. The monoisotopic (exact) mass is 298 g/mol. The number of hydrogen-bond acceptors (Lipinski definition) is 0. The summed E-state index contributed by atoms with van der Waals surface area (Å²) >= 11 is 3.83. The fourth-order valence-corrected chi connectivity index (χ4v) is 3.62. The van der Waals surface area contributed by atoms with Crippen LogP contribution < -0.4 is 0 Å². The molecule has 0 aromatic heterocycles. The minimum absolute atomic E-state index is 0.129. The van der Waals surface area contributed by atoms with Gasteiger partial charge in [0, 0.05) is 4.83 Å². The maximum Gasteiger partial charge on any atom is 0.123 e. The fraction of sp³-hybridized carbons (Fsp3) is 0.600. The zero-order valence-electron chi connectivity index (χ0n) is 10.4. The molecule has 0 radical (unpaired) electrons. The lowest BCUT2D eigenvalue weighted by atomic mass is 9.72. The minimum atomic E-state index is -0.129. The van der Waals surface area contributed by atoms with E-state index in [1.165, 1.54) is 38.2 Å². The van der Waals surface area contributed by atoms with Crippen LogP contribution in [0.3, 0.4) is 0 Å². The van der Waals surface area contributed by atoms with Crippen molar-refractivity contribution in [3.63, 3.8) is 0 Å². The average Bonchev–Trinajstić information content (AvgIpc) is 2.30. The molecule has 1 aliphatic rings. The summed E-state index contributed by atoms with van der Waals surface area (Å²) in [4.78, 5) is 0.456. The molecule has 17 heavy (non-hydrogen) atoms. The Bertz CT molecular complexity index is 369. The lowest BCUT2D eigenvalue weighted by molar-refractivity contribution is 0.211. The van der Waals surface area contributed by atoms with Gasteiger partial charge in [0.2, 0.25) is 0 Å². The van der Waals surface area contributed by atoms with Gasteiger partial charge in [-0.1, -0.05) is 54.2 Å². The second-order valence-corrected chi connectivity index (χ2v) is 6.62. The quantitative estimate of drug-likeness (QED) is 0.681. The summed E-state index contributed by atoms with van der Waals surface area (Å²) in [6.07, 6.45) is 7.55. The third-order valence-corrected chi connectivity index (χ3v) is 5.48. The molecule has 2 rings (SSSR count). The zero-order chi connectivity index (χ0) is 12.3. The molecular weight excluding hydrogens is 279 g/mol. The van der Waals surface area contributed by atoms with Crippen molar-refractivity contribution in [2.24, 2.45) is 5.41 Å². The van der Waals surface area contributed by atoms with Gasteiger partial charge in [-0.3, -0.25) is 0 Å². The van der Waals surface area contributed by atoms with Gasteiger partial charge < -0.3 is 0 Å². The Balaban J connectivity index is 2.02. The van der Waals surface area contributed by atoms with Crippen LogP contribution in [0.5, 0.6) is 0 Å². The molecule has 2 heteroatoms. The van der Waals surface area contributed by atoms with Crippen molar-refractivity contribution in [1.82, 2.24) is 0 Å². The normalized spacial score (nSPS) is 21.1. The van der Waals surface area contributed by atoms with Gasteiger partial charge in [0.15, 0.2) is 0 Å². The van der Waals surface area contributed by atoms with E-state index < -0.39 is 0 Å². The van der Waals surface area contributed by atoms with Crippen LogP contribution in [0.25, 0.3) is 0 Å². The number of hydrogen-bond donors (Lipinski definition) is 0. The minimum Gasteiger partial charge on any atom is -0.207 e. The third kappa shape index (κ3) is 3.31. The molecule has 1 aromatic rings. The molecule has 0 bridgehead atoms. The largest absolute Gasteiger partial charge is 0.207 e. The standard InChI is InChI=1S/C15H20BrF/c1-15(8-3-2-4-9-15)14(16)11-12-6-5-7-13(17)10-12/h5-7,10,14H,2-4,8-9,11H2,1H3. The van der Waals surface area contributed by atoms with Gasteiger partial charge in [0.05, 0.1) is 0 Å². The van der Waals surface area contributed by atoms with E-state index >= 15 is 0 Å². The Morgan fingerprint density at radius 3 is 2.65 bits per heavy atom. The van der Waals surface area contributed by atoms with E-state index in [0.717, 1.165) is 12.0 Å². The van der Waals surface area contributed by atoms with Crippen LogP contribution in [0.2, 0.25) is 0 Å². The lowest BCUT2D eigenvalue weighted by Gasteiger charge is -2.38. The number of rotatable bonds is 3. The SMILES string of the molecule is CC1(C(Br)Cc2cccc(F)c2)CCCCC1. The van der Waals surface area contributed by atoms with Gasteiger partial charge in [0.1, 0.15) is 5.82 Å². The molecule has 0 nitrogen and oxygen atoms in total. The Kier molecular flexibility index (Phi) is 4.24. The molecular formula is C15H20BrF. The molecule has 0 saturated heterocycles. The van der Waals surface area contributed by atoms with Crippen molar-refractivity contribution in [2.45, 2.75) is 50.3 Å². The van der Waals surface area contributed by atoms with Crippen molar-refractivity contribution in [1.29, 1.82) is 0 Å².